The van der Waals surface area contributed by atoms with Gasteiger partial charge in [0.1, 0.15) is 5.71 Å². The Hall–Kier alpha value is -1.82. The van der Waals surface area contributed by atoms with Crippen LogP contribution in [0, 0.1) is 0 Å². The second-order valence-corrected chi connectivity index (χ2v) is 5.81. The topological polar surface area (TPSA) is 70.6 Å². The number of nitrogens with one attached hydrogen (secondary N) is 2. The Morgan fingerprint density at radius 2 is 2.05 bits per heavy atom. The summed E-state index contributed by atoms with van der Waals surface area (Å²) in [6.45, 7) is 0. The standard InChI is InChI=1S/C14H15N3O2S/c18-12-7-2-1-4-9(12)16-17-11-6-3-5-10-14(11)20-8-13(19)15-10/h3,5-6,17H,1-2,4,7-8H2,(H,15,19)/b16-9+. The van der Waals surface area contributed by atoms with Crippen molar-refractivity contribution in [2.75, 3.05) is 16.5 Å². The van der Waals surface area contributed by atoms with Crippen molar-refractivity contribution in [1.29, 1.82) is 0 Å². The van der Waals surface area contributed by atoms with E-state index in [2.05, 4.69) is 15.8 Å². The monoisotopic (exact) mass is 289 g/mol. The van der Waals surface area contributed by atoms with Crippen LogP contribution in [0.3, 0.4) is 0 Å². The molecule has 0 radical (unpaired) electrons. The van der Waals surface area contributed by atoms with Gasteiger partial charge in [0, 0.05) is 6.42 Å². The zero-order valence-electron chi connectivity index (χ0n) is 10.9. The Kier molecular flexibility index (Phi) is 3.73. The first-order valence-electron chi connectivity index (χ1n) is 6.65. The summed E-state index contributed by atoms with van der Waals surface area (Å²) in [4.78, 5) is 24.0. The molecule has 0 bridgehead atoms. The van der Waals surface area contributed by atoms with Crippen LogP contribution in [0.1, 0.15) is 25.7 Å². The van der Waals surface area contributed by atoms with Gasteiger partial charge >= 0.3 is 0 Å². The fraction of sp³-hybridized carbons (Fsp3) is 0.357. The lowest BCUT2D eigenvalue weighted by Crippen LogP contribution is -2.21. The largest absolute Gasteiger partial charge is 0.324 e. The molecule has 1 aromatic carbocycles. The molecule has 1 aromatic rings. The van der Waals surface area contributed by atoms with Gasteiger partial charge in [0.05, 0.1) is 22.0 Å². The van der Waals surface area contributed by atoms with Crippen LogP contribution in [-0.4, -0.2) is 23.2 Å². The molecule has 1 fully saturated rings. The quantitative estimate of drug-likeness (QED) is 0.821. The minimum Gasteiger partial charge on any atom is -0.324 e. The van der Waals surface area contributed by atoms with E-state index in [0.29, 0.717) is 17.9 Å². The van der Waals surface area contributed by atoms with Crippen molar-refractivity contribution in [2.24, 2.45) is 5.10 Å². The van der Waals surface area contributed by atoms with E-state index in [1.54, 1.807) is 0 Å². The van der Waals surface area contributed by atoms with Crippen molar-refractivity contribution in [1.82, 2.24) is 0 Å². The molecule has 1 aliphatic carbocycles. The van der Waals surface area contributed by atoms with Crippen molar-refractivity contribution in [3.63, 3.8) is 0 Å². The molecule has 20 heavy (non-hydrogen) atoms. The van der Waals surface area contributed by atoms with Gasteiger partial charge in [0.25, 0.3) is 0 Å². The lowest BCUT2D eigenvalue weighted by atomic mass is 9.97. The number of amides is 1. The van der Waals surface area contributed by atoms with Gasteiger partial charge in [0.2, 0.25) is 5.91 Å². The third-order valence-electron chi connectivity index (χ3n) is 3.34. The molecule has 0 spiro atoms. The van der Waals surface area contributed by atoms with Crippen molar-refractivity contribution in [3.05, 3.63) is 18.2 Å². The number of hydrazone groups is 1. The van der Waals surface area contributed by atoms with Gasteiger partial charge in [-0.15, -0.1) is 11.8 Å². The van der Waals surface area contributed by atoms with E-state index in [1.165, 1.54) is 11.8 Å². The lowest BCUT2D eigenvalue weighted by Gasteiger charge is -2.19. The van der Waals surface area contributed by atoms with Crippen molar-refractivity contribution >= 4 is 40.5 Å². The number of rotatable bonds is 2. The van der Waals surface area contributed by atoms with Gasteiger partial charge in [-0.1, -0.05) is 6.07 Å². The number of hydrogen-bond donors (Lipinski definition) is 2. The molecule has 1 heterocycles. The maximum absolute atomic E-state index is 11.7. The molecule has 0 unspecified atom stereocenters. The van der Waals surface area contributed by atoms with Crippen molar-refractivity contribution < 1.29 is 9.59 Å². The van der Waals surface area contributed by atoms with E-state index in [0.717, 1.165) is 35.5 Å². The first-order chi connectivity index (χ1) is 9.74. The van der Waals surface area contributed by atoms with E-state index < -0.39 is 0 Å². The van der Waals surface area contributed by atoms with Crippen LogP contribution < -0.4 is 10.7 Å². The molecule has 0 atom stereocenters. The summed E-state index contributed by atoms with van der Waals surface area (Å²) in [5, 5.41) is 7.08. The molecule has 3 rings (SSSR count). The highest BCUT2D eigenvalue weighted by Crippen LogP contribution is 2.37. The van der Waals surface area contributed by atoms with Crippen LogP contribution >= 0.6 is 11.8 Å². The average Bonchev–Trinajstić information content (AvgIpc) is 2.46. The summed E-state index contributed by atoms with van der Waals surface area (Å²) in [7, 11) is 0. The molecule has 0 aromatic heterocycles. The molecular weight excluding hydrogens is 274 g/mol. The molecule has 1 saturated carbocycles. The van der Waals surface area contributed by atoms with Gasteiger partial charge < -0.3 is 5.32 Å². The van der Waals surface area contributed by atoms with Crippen LogP contribution in [0.5, 0.6) is 0 Å². The summed E-state index contributed by atoms with van der Waals surface area (Å²) in [6, 6.07) is 5.63. The highest BCUT2D eigenvalue weighted by molar-refractivity contribution is 8.00. The average molecular weight is 289 g/mol. The maximum atomic E-state index is 11.7. The number of carbonyl (C=O) groups excluding carboxylic acids is 2. The first-order valence-corrected chi connectivity index (χ1v) is 7.64. The number of ketones is 1. The predicted octanol–water partition coefficient (Wildman–Crippen LogP) is 2.64. The Morgan fingerprint density at radius 1 is 1.20 bits per heavy atom. The molecule has 2 N–H and O–H groups in total. The normalized spacial score (nSPS) is 20.5. The number of thioether (sulfide) groups is 1. The lowest BCUT2D eigenvalue weighted by molar-refractivity contribution is -0.114. The van der Waals surface area contributed by atoms with Crippen molar-refractivity contribution in [3.8, 4) is 0 Å². The van der Waals surface area contributed by atoms with E-state index in [-0.39, 0.29) is 11.7 Å². The van der Waals surface area contributed by atoms with Crippen LogP contribution in [0.4, 0.5) is 11.4 Å². The molecule has 1 aliphatic heterocycles. The summed E-state index contributed by atoms with van der Waals surface area (Å²) >= 11 is 1.48. The molecule has 104 valence electrons. The zero-order valence-corrected chi connectivity index (χ0v) is 11.8. The van der Waals surface area contributed by atoms with Gasteiger partial charge in [-0.25, -0.2) is 0 Å². The molecule has 0 saturated heterocycles. The minimum atomic E-state index is 0.00780. The summed E-state index contributed by atoms with van der Waals surface area (Å²) in [5.74, 6) is 0.546. The van der Waals surface area contributed by atoms with Gasteiger partial charge in [-0.2, -0.15) is 5.10 Å². The fourth-order valence-electron chi connectivity index (χ4n) is 2.31. The second kappa shape index (κ2) is 5.66. The minimum absolute atomic E-state index is 0.00780. The third kappa shape index (κ3) is 2.70. The Balaban J connectivity index is 1.81. The van der Waals surface area contributed by atoms with Crippen LogP contribution in [0.25, 0.3) is 0 Å². The van der Waals surface area contributed by atoms with Crippen LogP contribution in [-0.2, 0) is 9.59 Å². The number of carbonyl (C=O) groups is 2. The molecule has 5 nitrogen and oxygen atoms in total. The number of Topliss-reactive ketones (excluding diaryl/α,β-unsaturated/α-hetero) is 1. The Morgan fingerprint density at radius 3 is 2.90 bits per heavy atom. The third-order valence-corrected chi connectivity index (χ3v) is 4.47. The van der Waals surface area contributed by atoms with Crippen LogP contribution in [0.15, 0.2) is 28.2 Å². The predicted molar refractivity (Wildman–Crippen MR) is 80.3 cm³/mol. The maximum Gasteiger partial charge on any atom is 0.234 e. The molecule has 6 heteroatoms. The van der Waals surface area contributed by atoms with Gasteiger partial charge in [-0.3, -0.25) is 15.0 Å². The van der Waals surface area contributed by atoms with E-state index >= 15 is 0 Å². The van der Waals surface area contributed by atoms with E-state index in [9.17, 15) is 9.59 Å². The highest BCUT2D eigenvalue weighted by Gasteiger charge is 2.19. The SMILES string of the molecule is O=C1CSc2c(N/N=C3\CCCCC3=O)cccc2N1. The zero-order chi connectivity index (χ0) is 13.9. The van der Waals surface area contributed by atoms with Crippen LogP contribution in [0.2, 0.25) is 0 Å². The number of hydrogen-bond acceptors (Lipinski definition) is 5. The fourth-order valence-corrected chi connectivity index (χ4v) is 3.20. The van der Waals surface area contributed by atoms with Gasteiger partial charge in [-0.05, 0) is 31.4 Å². The number of benzene rings is 1. The smallest absolute Gasteiger partial charge is 0.234 e. The number of anilines is 2. The number of fused-ring (bicyclic) bond motifs is 1. The Labute approximate surface area is 121 Å². The molecule has 1 amide bonds. The molecule has 2 aliphatic rings. The van der Waals surface area contributed by atoms with E-state index in [4.69, 9.17) is 0 Å². The summed E-state index contributed by atoms with van der Waals surface area (Å²) < 4.78 is 0. The summed E-state index contributed by atoms with van der Waals surface area (Å²) in [6.07, 6.45) is 3.31. The van der Waals surface area contributed by atoms with E-state index in [1.807, 2.05) is 18.2 Å². The number of nitrogens with zero attached hydrogens (tertiary/aromatic N) is 1. The second-order valence-electron chi connectivity index (χ2n) is 4.82. The summed E-state index contributed by atoms with van der Waals surface area (Å²) in [5.41, 5.74) is 5.24. The van der Waals surface area contributed by atoms with Gasteiger partial charge in [0.15, 0.2) is 5.78 Å². The molecular formula is C14H15N3O2S. The Bertz CT molecular complexity index is 598. The first kappa shape index (κ1) is 13.2. The highest BCUT2D eigenvalue weighted by atomic mass is 32.2. The van der Waals surface area contributed by atoms with Crippen molar-refractivity contribution in [2.45, 2.75) is 30.6 Å².